The molecule has 0 aliphatic rings. The molecule has 0 atom stereocenters. The molecule has 0 fully saturated rings. The third-order valence-corrected chi connectivity index (χ3v) is 2.27. The lowest BCUT2D eigenvalue weighted by Crippen LogP contribution is -1.90. The SMILES string of the molecule is C#CCCCc1ccc(C)cc1C. The van der Waals surface area contributed by atoms with Gasteiger partial charge in [0.2, 0.25) is 0 Å². The maximum Gasteiger partial charge on any atom is 0.00892 e. The molecule has 0 heteroatoms. The van der Waals surface area contributed by atoms with Gasteiger partial charge < -0.3 is 0 Å². The Balaban J connectivity index is 2.62. The van der Waals surface area contributed by atoms with Crippen LogP contribution in [0.4, 0.5) is 0 Å². The standard InChI is InChI=1S/C13H16/c1-4-5-6-7-13-9-8-11(2)10-12(13)3/h1,8-10H,5-7H2,2-3H3. The Morgan fingerprint density at radius 1 is 1.31 bits per heavy atom. The summed E-state index contributed by atoms with van der Waals surface area (Å²) in [6.07, 6.45) is 8.29. The van der Waals surface area contributed by atoms with Crippen molar-refractivity contribution in [2.24, 2.45) is 0 Å². The highest BCUT2D eigenvalue weighted by molar-refractivity contribution is 5.30. The highest BCUT2D eigenvalue weighted by Crippen LogP contribution is 2.12. The molecule has 1 rings (SSSR count). The van der Waals surface area contributed by atoms with Crippen molar-refractivity contribution in [3.05, 3.63) is 34.9 Å². The number of hydrogen-bond acceptors (Lipinski definition) is 0. The van der Waals surface area contributed by atoms with Gasteiger partial charge in [-0.25, -0.2) is 0 Å². The number of hydrogen-bond donors (Lipinski definition) is 0. The molecule has 1 aromatic rings. The van der Waals surface area contributed by atoms with E-state index in [1.807, 2.05) is 0 Å². The maximum absolute atomic E-state index is 5.20. The van der Waals surface area contributed by atoms with Crippen molar-refractivity contribution in [3.63, 3.8) is 0 Å². The van der Waals surface area contributed by atoms with Crippen molar-refractivity contribution >= 4 is 0 Å². The zero-order valence-electron chi connectivity index (χ0n) is 8.43. The molecule has 0 saturated carbocycles. The Labute approximate surface area is 81.0 Å². The fourth-order valence-electron chi connectivity index (χ4n) is 1.51. The van der Waals surface area contributed by atoms with E-state index in [0.29, 0.717) is 0 Å². The van der Waals surface area contributed by atoms with E-state index < -0.39 is 0 Å². The smallest absolute Gasteiger partial charge is 0.00892 e. The predicted molar refractivity (Wildman–Crippen MR) is 57.7 cm³/mol. The second kappa shape index (κ2) is 4.72. The molecular formula is C13H16. The fourth-order valence-corrected chi connectivity index (χ4v) is 1.51. The van der Waals surface area contributed by atoms with E-state index in [9.17, 15) is 0 Å². The monoisotopic (exact) mass is 172 g/mol. The molecule has 0 aliphatic heterocycles. The van der Waals surface area contributed by atoms with Gasteiger partial charge in [0.1, 0.15) is 0 Å². The number of terminal acetylenes is 1. The number of benzene rings is 1. The minimum Gasteiger partial charge on any atom is -0.120 e. The summed E-state index contributed by atoms with van der Waals surface area (Å²) in [6.45, 7) is 4.29. The van der Waals surface area contributed by atoms with Crippen molar-refractivity contribution in [2.45, 2.75) is 33.1 Å². The molecule has 0 nitrogen and oxygen atoms in total. The predicted octanol–water partition coefficient (Wildman–Crippen LogP) is 3.26. The van der Waals surface area contributed by atoms with E-state index in [1.165, 1.54) is 16.7 Å². The van der Waals surface area contributed by atoms with Gasteiger partial charge in [-0.1, -0.05) is 23.8 Å². The quantitative estimate of drug-likeness (QED) is 0.485. The van der Waals surface area contributed by atoms with Crippen molar-refractivity contribution < 1.29 is 0 Å². The lowest BCUT2D eigenvalue weighted by Gasteiger charge is -2.05. The summed E-state index contributed by atoms with van der Waals surface area (Å²) in [5.74, 6) is 2.67. The van der Waals surface area contributed by atoms with E-state index in [0.717, 1.165) is 19.3 Å². The highest BCUT2D eigenvalue weighted by atomic mass is 14.0. The Bertz CT molecular complexity index is 315. The van der Waals surface area contributed by atoms with Gasteiger partial charge in [0.25, 0.3) is 0 Å². The van der Waals surface area contributed by atoms with Crippen LogP contribution < -0.4 is 0 Å². The lowest BCUT2D eigenvalue weighted by molar-refractivity contribution is 0.852. The van der Waals surface area contributed by atoms with Crippen molar-refractivity contribution in [1.82, 2.24) is 0 Å². The zero-order chi connectivity index (χ0) is 9.68. The molecule has 0 spiro atoms. The first kappa shape index (κ1) is 9.86. The van der Waals surface area contributed by atoms with Crippen LogP contribution in [0.3, 0.4) is 0 Å². The van der Waals surface area contributed by atoms with Gasteiger partial charge in [-0.2, -0.15) is 0 Å². The first-order valence-corrected chi connectivity index (χ1v) is 4.73. The topological polar surface area (TPSA) is 0 Å². The van der Waals surface area contributed by atoms with Gasteiger partial charge in [-0.15, -0.1) is 12.3 Å². The van der Waals surface area contributed by atoms with Crippen LogP contribution in [0.25, 0.3) is 0 Å². The summed E-state index contributed by atoms with van der Waals surface area (Å²) in [5, 5.41) is 0. The third-order valence-electron chi connectivity index (χ3n) is 2.27. The molecule has 0 aromatic heterocycles. The first-order chi connectivity index (χ1) is 6.24. The van der Waals surface area contributed by atoms with Gasteiger partial charge in [0.15, 0.2) is 0 Å². The highest BCUT2D eigenvalue weighted by Gasteiger charge is 1.97. The molecule has 0 aliphatic carbocycles. The summed E-state index contributed by atoms with van der Waals surface area (Å²) in [5.41, 5.74) is 4.15. The van der Waals surface area contributed by atoms with Crippen molar-refractivity contribution in [3.8, 4) is 12.3 Å². The minimum absolute atomic E-state index is 0.882. The molecule has 0 heterocycles. The van der Waals surface area contributed by atoms with Crippen LogP contribution in [0.5, 0.6) is 0 Å². The van der Waals surface area contributed by atoms with Crippen molar-refractivity contribution in [1.29, 1.82) is 0 Å². The summed E-state index contributed by atoms with van der Waals surface area (Å²) in [4.78, 5) is 0. The molecule has 1 aromatic carbocycles. The molecule has 0 bridgehead atoms. The molecule has 0 saturated heterocycles. The number of unbranched alkanes of at least 4 members (excludes halogenated alkanes) is 1. The average molecular weight is 172 g/mol. The zero-order valence-corrected chi connectivity index (χ0v) is 8.43. The van der Waals surface area contributed by atoms with Gasteiger partial charge in [0, 0.05) is 6.42 Å². The minimum atomic E-state index is 0.882. The largest absolute Gasteiger partial charge is 0.120 e. The molecule has 0 N–H and O–H groups in total. The van der Waals surface area contributed by atoms with E-state index >= 15 is 0 Å². The molecule has 13 heavy (non-hydrogen) atoms. The van der Waals surface area contributed by atoms with E-state index in [-0.39, 0.29) is 0 Å². The molecule has 0 unspecified atom stereocenters. The van der Waals surface area contributed by atoms with E-state index in [1.54, 1.807) is 0 Å². The van der Waals surface area contributed by atoms with Gasteiger partial charge >= 0.3 is 0 Å². The van der Waals surface area contributed by atoms with E-state index in [2.05, 4.69) is 38.0 Å². The van der Waals surface area contributed by atoms with Gasteiger partial charge in [0.05, 0.1) is 0 Å². The van der Waals surface area contributed by atoms with E-state index in [4.69, 9.17) is 6.42 Å². The van der Waals surface area contributed by atoms with Gasteiger partial charge in [-0.3, -0.25) is 0 Å². The second-order valence-corrected chi connectivity index (χ2v) is 3.49. The second-order valence-electron chi connectivity index (χ2n) is 3.49. The summed E-state index contributed by atoms with van der Waals surface area (Å²) < 4.78 is 0. The molecule has 0 radical (unpaired) electrons. The molecular weight excluding hydrogens is 156 g/mol. The maximum atomic E-state index is 5.20. The number of aryl methyl sites for hydroxylation is 3. The fraction of sp³-hybridized carbons (Fsp3) is 0.385. The normalized spacial score (nSPS) is 9.62. The summed E-state index contributed by atoms with van der Waals surface area (Å²) >= 11 is 0. The van der Waals surface area contributed by atoms with Crippen LogP contribution in [0.1, 0.15) is 29.5 Å². The van der Waals surface area contributed by atoms with Crippen LogP contribution in [-0.2, 0) is 6.42 Å². The number of rotatable bonds is 3. The average Bonchev–Trinajstić information content (AvgIpc) is 2.09. The van der Waals surface area contributed by atoms with Crippen LogP contribution in [-0.4, -0.2) is 0 Å². The van der Waals surface area contributed by atoms with Gasteiger partial charge in [-0.05, 0) is 37.8 Å². The summed E-state index contributed by atoms with van der Waals surface area (Å²) in [7, 11) is 0. The Kier molecular flexibility index (Phi) is 3.58. The van der Waals surface area contributed by atoms with Crippen LogP contribution in [0.2, 0.25) is 0 Å². The first-order valence-electron chi connectivity index (χ1n) is 4.73. The van der Waals surface area contributed by atoms with Crippen LogP contribution >= 0.6 is 0 Å². The van der Waals surface area contributed by atoms with Crippen LogP contribution in [0.15, 0.2) is 18.2 Å². The molecule has 0 amide bonds. The lowest BCUT2D eigenvalue weighted by atomic mass is 10.0. The molecule has 68 valence electrons. The third kappa shape index (κ3) is 2.95. The Morgan fingerprint density at radius 2 is 2.08 bits per heavy atom. The Morgan fingerprint density at radius 3 is 2.69 bits per heavy atom. The van der Waals surface area contributed by atoms with Crippen LogP contribution in [0, 0.1) is 26.2 Å². The summed E-state index contributed by atoms with van der Waals surface area (Å²) in [6, 6.07) is 6.60. The van der Waals surface area contributed by atoms with Crippen molar-refractivity contribution in [2.75, 3.05) is 0 Å². The Hall–Kier alpha value is -1.22.